The van der Waals surface area contributed by atoms with Crippen LogP contribution in [0.2, 0.25) is 0 Å². The minimum atomic E-state index is -4.31. The molecule has 0 heterocycles. The van der Waals surface area contributed by atoms with E-state index >= 15 is 0 Å². The molecule has 0 aromatic rings. The standard InChI is InChI=1S/C6H9F3O2/c1-4(6(7,8)9)3-5(10)11-2/h4H,3H2,1-2H3/t4-/m1/s1. The third kappa shape index (κ3) is 3.85. The van der Waals surface area contributed by atoms with Gasteiger partial charge in [-0.25, -0.2) is 0 Å². The van der Waals surface area contributed by atoms with Crippen LogP contribution in [0.5, 0.6) is 0 Å². The molecule has 0 saturated carbocycles. The maximum atomic E-state index is 11.7. The summed E-state index contributed by atoms with van der Waals surface area (Å²) in [5, 5.41) is 0. The van der Waals surface area contributed by atoms with Crippen LogP contribution in [0, 0.1) is 5.92 Å². The second kappa shape index (κ2) is 3.59. The summed E-state index contributed by atoms with van der Waals surface area (Å²) >= 11 is 0. The van der Waals surface area contributed by atoms with E-state index in [4.69, 9.17) is 0 Å². The minimum Gasteiger partial charge on any atom is -0.469 e. The molecule has 0 amide bonds. The highest BCUT2D eigenvalue weighted by Gasteiger charge is 2.37. The van der Waals surface area contributed by atoms with Gasteiger partial charge in [0.2, 0.25) is 0 Å². The molecule has 0 radical (unpaired) electrons. The number of esters is 1. The van der Waals surface area contributed by atoms with Gasteiger partial charge in [0.1, 0.15) is 0 Å². The molecule has 0 aromatic carbocycles. The van der Waals surface area contributed by atoms with E-state index in [1.54, 1.807) is 0 Å². The van der Waals surface area contributed by atoms with Crippen molar-refractivity contribution in [1.82, 2.24) is 0 Å². The zero-order chi connectivity index (χ0) is 9.07. The summed E-state index contributed by atoms with van der Waals surface area (Å²) in [6.07, 6.45) is -4.92. The van der Waals surface area contributed by atoms with Crippen LogP contribution < -0.4 is 0 Å². The predicted octanol–water partition coefficient (Wildman–Crippen LogP) is 1.75. The summed E-state index contributed by atoms with van der Waals surface area (Å²) in [6, 6.07) is 0. The van der Waals surface area contributed by atoms with Crippen molar-refractivity contribution in [3.8, 4) is 0 Å². The Hall–Kier alpha value is -0.740. The third-order valence-electron chi connectivity index (χ3n) is 1.26. The fourth-order valence-corrected chi connectivity index (χ4v) is 0.449. The Labute approximate surface area is 62.3 Å². The molecule has 0 aromatic heterocycles. The molecule has 0 saturated heterocycles. The highest BCUT2D eigenvalue weighted by Crippen LogP contribution is 2.28. The topological polar surface area (TPSA) is 26.3 Å². The lowest BCUT2D eigenvalue weighted by molar-refractivity contribution is -0.179. The number of ether oxygens (including phenoxy) is 1. The molecule has 5 heteroatoms. The minimum absolute atomic E-state index is 0.611. The van der Waals surface area contributed by atoms with Crippen molar-refractivity contribution in [2.75, 3.05) is 7.11 Å². The number of carbonyl (C=O) groups excluding carboxylic acids is 1. The lowest BCUT2D eigenvalue weighted by atomic mass is 10.1. The van der Waals surface area contributed by atoms with E-state index in [0.29, 0.717) is 0 Å². The van der Waals surface area contributed by atoms with E-state index in [-0.39, 0.29) is 0 Å². The van der Waals surface area contributed by atoms with Crippen LogP contribution in [0.25, 0.3) is 0 Å². The van der Waals surface area contributed by atoms with Gasteiger partial charge in [0.25, 0.3) is 0 Å². The second-order valence-electron chi connectivity index (χ2n) is 2.22. The largest absolute Gasteiger partial charge is 0.469 e. The summed E-state index contributed by atoms with van der Waals surface area (Å²) in [5.74, 6) is -2.47. The highest BCUT2D eigenvalue weighted by atomic mass is 19.4. The van der Waals surface area contributed by atoms with E-state index in [9.17, 15) is 18.0 Å². The van der Waals surface area contributed by atoms with Gasteiger partial charge in [-0.3, -0.25) is 4.79 Å². The molecule has 1 atom stereocenters. The van der Waals surface area contributed by atoms with Gasteiger partial charge in [-0.05, 0) is 0 Å². The van der Waals surface area contributed by atoms with E-state index in [0.717, 1.165) is 14.0 Å². The molecule has 0 fully saturated rings. The summed E-state index contributed by atoms with van der Waals surface area (Å²) in [5.41, 5.74) is 0. The van der Waals surface area contributed by atoms with Crippen molar-refractivity contribution in [3.05, 3.63) is 0 Å². The molecule has 0 aliphatic rings. The van der Waals surface area contributed by atoms with Crippen molar-refractivity contribution in [1.29, 1.82) is 0 Å². The van der Waals surface area contributed by atoms with Gasteiger partial charge < -0.3 is 4.74 Å². The van der Waals surface area contributed by atoms with Gasteiger partial charge in [-0.2, -0.15) is 13.2 Å². The Bertz CT molecular complexity index is 141. The van der Waals surface area contributed by atoms with Crippen LogP contribution in [0.3, 0.4) is 0 Å². The van der Waals surface area contributed by atoms with Gasteiger partial charge in [0, 0.05) is 0 Å². The van der Waals surface area contributed by atoms with Crippen molar-refractivity contribution in [2.45, 2.75) is 19.5 Å². The van der Waals surface area contributed by atoms with Crippen molar-refractivity contribution >= 4 is 5.97 Å². The molecule has 2 nitrogen and oxygen atoms in total. The predicted molar refractivity (Wildman–Crippen MR) is 31.9 cm³/mol. The average Bonchev–Trinajstić information content (AvgIpc) is 1.85. The number of hydrogen-bond acceptors (Lipinski definition) is 2. The smallest absolute Gasteiger partial charge is 0.392 e. The molecule has 0 spiro atoms. The molecule has 0 aliphatic carbocycles. The molecular formula is C6H9F3O2. The monoisotopic (exact) mass is 170 g/mol. The summed E-state index contributed by atoms with van der Waals surface area (Å²) in [4.78, 5) is 10.3. The Morgan fingerprint density at radius 3 is 2.27 bits per heavy atom. The first kappa shape index (κ1) is 10.3. The average molecular weight is 170 g/mol. The second-order valence-corrected chi connectivity index (χ2v) is 2.22. The molecule has 0 N–H and O–H groups in total. The van der Waals surface area contributed by atoms with Crippen LogP contribution in [-0.2, 0) is 9.53 Å². The molecule has 0 aliphatic heterocycles. The Balaban J connectivity index is 3.87. The Morgan fingerprint density at radius 2 is 2.00 bits per heavy atom. The lowest BCUT2D eigenvalue weighted by Crippen LogP contribution is -2.23. The van der Waals surface area contributed by atoms with E-state index in [2.05, 4.69) is 4.74 Å². The fraction of sp³-hybridized carbons (Fsp3) is 0.833. The van der Waals surface area contributed by atoms with E-state index in [1.165, 1.54) is 0 Å². The summed E-state index contributed by atoms with van der Waals surface area (Å²) < 4.78 is 39.3. The van der Waals surface area contributed by atoms with Crippen LogP contribution in [0.15, 0.2) is 0 Å². The quantitative estimate of drug-likeness (QED) is 0.590. The van der Waals surface area contributed by atoms with Crippen LogP contribution in [-0.4, -0.2) is 19.3 Å². The zero-order valence-electron chi connectivity index (χ0n) is 6.23. The van der Waals surface area contributed by atoms with Crippen LogP contribution in [0.1, 0.15) is 13.3 Å². The highest BCUT2D eigenvalue weighted by molar-refractivity contribution is 5.69. The van der Waals surface area contributed by atoms with E-state index < -0.39 is 24.5 Å². The van der Waals surface area contributed by atoms with Gasteiger partial charge in [-0.1, -0.05) is 6.92 Å². The number of alkyl halides is 3. The number of methoxy groups -OCH3 is 1. The first-order valence-electron chi connectivity index (χ1n) is 3.01. The van der Waals surface area contributed by atoms with Gasteiger partial charge in [0.15, 0.2) is 0 Å². The number of carbonyl (C=O) groups is 1. The Morgan fingerprint density at radius 1 is 1.55 bits per heavy atom. The first-order valence-corrected chi connectivity index (χ1v) is 3.01. The molecule has 11 heavy (non-hydrogen) atoms. The Kier molecular flexibility index (Phi) is 3.35. The molecule has 66 valence electrons. The zero-order valence-corrected chi connectivity index (χ0v) is 6.23. The molecule has 0 bridgehead atoms. The van der Waals surface area contributed by atoms with Crippen molar-refractivity contribution < 1.29 is 22.7 Å². The molecule has 0 unspecified atom stereocenters. The fourth-order valence-electron chi connectivity index (χ4n) is 0.449. The first-order chi connectivity index (χ1) is 4.88. The van der Waals surface area contributed by atoms with Crippen molar-refractivity contribution in [2.24, 2.45) is 5.92 Å². The number of halogens is 3. The number of hydrogen-bond donors (Lipinski definition) is 0. The molecular weight excluding hydrogens is 161 g/mol. The van der Waals surface area contributed by atoms with Crippen LogP contribution in [0.4, 0.5) is 13.2 Å². The van der Waals surface area contributed by atoms with E-state index in [1.807, 2.05) is 0 Å². The molecule has 0 rings (SSSR count). The maximum absolute atomic E-state index is 11.7. The van der Waals surface area contributed by atoms with Gasteiger partial charge >= 0.3 is 12.1 Å². The normalized spacial score (nSPS) is 14.3. The lowest BCUT2D eigenvalue weighted by Gasteiger charge is -2.13. The van der Waals surface area contributed by atoms with Crippen LogP contribution >= 0.6 is 0 Å². The van der Waals surface area contributed by atoms with Gasteiger partial charge in [0.05, 0.1) is 19.4 Å². The summed E-state index contributed by atoms with van der Waals surface area (Å²) in [7, 11) is 1.06. The number of rotatable bonds is 2. The van der Waals surface area contributed by atoms with Crippen molar-refractivity contribution in [3.63, 3.8) is 0 Å². The SMILES string of the molecule is COC(=O)C[C@@H](C)C(F)(F)F. The third-order valence-corrected chi connectivity index (χ3v) is 1.26. The summed E-state index contributed by atoms with van der Waals surface area (Å²) in [6.45, 7) is 0.941. The van der Waals surface area contributed by atoms with Gasteiger partial charge in [-0.15, -0.1) is 0 Å². The maximum Gasteiger partial charge on any atom is 0.392 e.